The summed E-state index contributed by atoms with van der Waals surface area (Å²) in [7, 11) is 0. The molecule has 4 fully saturated rings. The van der Waals surface area contributed by atoms with Gasteiger partial charge in [0.15, 0.2) is 6.29 Å². The van der Waals surface area contributed by atoms with Crippen molar-refractivity contribution >= 4 is 0 Å². The van der Waals surface area contributed by atoms with Gasteiger partial charge in [-0.2, -0.15) is 0 Å². The number of rotatable bonds is 4. The lowest BCUT2D eigenvalue weighted by molar-refractivity contribution is -0.324. The standard InChI is InChI=1S/C21H36O9/c22-9-17-18(25)19(26)20(27)21(30-17)29-16-8-12(24)7-15-13(16)5-6-14(28-15)10-1-3-11(23)4-2-10/h10-27H,1-9H2. The molecule has 10 atom stereocenters. The number of hydrogen-bond acceptors (Lipinski definition) is 9. The van der Waals surface area contributed by atoms with Crippen LogP contribution in [0.4, 0.5) is 0 Å². The molecule has 0 aromatic rings. The van der Waals surface area contributed by atoms with Crippen LogP contribution < -0.4 is 0 Å². The van der Waals surface area contributed by atoms with Gasteiger partial charge in [-0.25, -0.2) is 0 Å². The molecule has 0 amide bonds. The maximum absolute atomic E-state index is 10.4. The average Bonchev–Trinajstić information content (AvgIpc) is 2.74. The predicted octanol–water partition coefficient (Wildman–Crippen LogP) is -0.959. The molecule has 10 unspecified atom stereocenters. The van der Waals surface area contributed by atoms with E-state index in [0.29, 0.717) is 18.8 Å². The first-order valence-electron chi connectivity index (χ1n) is 11.3. The fourth-order valence-corrected chi connectivity index (χ4v) is 5.73. The largest absolute Gasteiger partial charge is 0.394 e. The Balaban J connectivity index is 1.39. The highest BCUT2D eigenvalue weighted by Crippen LogP contribution is 2.42. The third-order valence-corrected chi connectivity index (χ3v) is 7.52. The molecule has 2 aliphatic carbocycles. The van der Waals surface area contributed by atoms with E-state index in [0.717, 1.165) is 38.5 Å². The van der Waals surface area contributed by atoms with Gasteiger partial charge in [-0.05, 0) is 50.9 Å². The zero-order valence-corrected chi connectivity index (χ0v) is 17.2. The molecule has 6 N–H and O–H groups in total. The van der Waals surface area contributed by atoms with E-state index in [1.165, 1.54) is 0 Å². The third kappa shape index (κ3) is 4.69. The Morgan fingerprint density at radius 1 is 0.700 bits per heavy atom. The summed E-state index contributed by atoms with van der Waals surface area (Å²) < 4.78 is 17.9. The number of ether oxygens (including phenoxy) is 3. The number of aliphatic hydroxyl groups is 6. The topological polar surface area (TPSA) is 149 Å². The lowest BCUT2D eigenvalue weighted by Crippen LogP contribution is -2.61. The van der Waals surface area contributed by atoms with Crippen LogP contribution in [-0.4, -0.2) is 98.5 Å². The van der Waals surface area contributed by atoms with E-state index in [2.05, 4.69) is 0 Å². The molecule has 4 rings (SSSR count). The zero-order chi connectivity index (χ0) is 21.4. The van der Waals surface area contributed by atoms with Gasteiger partial charge >= 0.3 is 0 Å². The summed E-state index contributed by atoms with van der Waals surface area (Å²) in [6.07, 6.45) is -1.67. The molecular weight excluding hydrogens is 396 g/mol. The summed E-state index contributed by atoms with van der Waals surface area (Å²) in [4.78, 5) is 0. The van der Waals surface area contributed by atoms with E-state index in [-0.39, 0.29) is 24.2 Å². The number of fused-ring (bicyclic) bond motifs is 1. The van der Waals surface area contributed by atoms with E-state index in [4.69, 9.17) is 14.2 Å². The summed E-state index contributed by atoms with van der Waals surface area (Å²) in [5.41, 5.74) is 0. The first-order chi connectivity index (χ1) is 14.4. The Kier molecular flexibility index (Phi) is 7.33. The molecule has 2 saturated heterocycles. The highest BCUT2D eigenvalue weighted by atomic mass is 16.7. The van der Waals surface area contributed by atoms with Gasteiger partial charge in [0.1, 0.15) is 24.4 Å². The molecule has 0 bridgehead atoms. The van der Waals surface area contributed by atoms with Crippen molar-refractivity contribution in [2.24, 2.45) is 11.8 Å². The Hall–Kier alpha value is -0.360. The molecule has 0 radical (unpaired) electrons. The normalized spacial score (nSPS) is 52.6. The van der Waals surface area contributed by atoms with Crippen LogP contribution in [0.15, 0.2) is 0 Å². The Morgan fingerprint density at radius 2 is 1.43 bits per heavy atom. The molecule has 2 saturated carbocycles. The SMILES string of the molecule is OCC1OC(OC2CC(O)CC3OC(C4CCC(O)CC4)CCC32)C(O)C(O)C1O. The highest BCUT2D eigenvalue weighted by molar-refractivity contribution is 4.95. The molecule has 0 aromatic heterocycles. The van der Waals surface area contributed by atoms with Crippen LogP contribution in [0.5, 0.6) is 0 Å². The van der Waals surface area contributed by atoms with Gasteiger partial charge in [-0.3, -0.25) is 0 Å². The smallest absolute Gasteiger partial charge is 0.186 e. The predicted molar refractivity (Wildman–Crippen MR) is 103 cm³/mol. The van der Waals surface area contributed by atoms with Crippen molar-refractivity contribution in [2.75, 3.05) is 6.61 Å². The molecule has 0 spiro atoms. The quantitative estimate of drug-likeness (QED) is 0.330. The zero-order valence-electron chi connectivity index (χ0n) is 17.2. The summed E-state index contributed by atoms with van der Waals surface area (Å²) in [5.74, 6) is 0.462. The van der Waals surface area contributed by atoms with Gasteiger partial charge in [0.05, 0.1) is 37.1 Å². The Morgan fingerprint density at radius 3 is 2.13 bits per heavy atom. The number of aliphatic hydroxyl groups excluding tert-OH is 6. The van der Waals surface area contributed by atoms with E-state index in [1.807, 2.05) is 0 Å². The number of hydrogen-bond donors (Lipinski definition) is 6. The molecule has 30 heavy (non-hydrogen) atoms. The molecule has 2 aliphatic heterocycles. The van der Waals surface area contributed by atoms with Crippen molar-refractivity contribution in [3.63, 3.8) is 0 Å². The average molecular weight is 433 g/mol. The fraction of sp³-hybridized carbons (Fsp3) is 1.00. The molecule has 174 valence electrons. The maximum atomic E-state index is 10.4. The van der Waals surface area contributed by atoms with Crippen molar-refractivity contribution in [2.45, 2.75) is 113 Å². The van der Waals surface area contributed by atoms with Crippen LogP contribution in [-0.2, 0) is 14.2 Å². The Bertz CT molecular complexity index is 553. The minimum absolute atomic E-state index is 0.0335. The van der Waals surface area contributed by atoms with Crippen LogP contribution in [0, 0.1) is 11.8 Å². The van der Waals surface area contributed by atoms with Crippen LogP contribution in [0.2, 0.25) is 0 Å². The lowest BCUT2D eigenvalue weighted by atomic mass is 9.74. The highest BCUT2D eigenvalue weighted by Gasteiger charge is 2.49. The molecule has 4 aliphatic rings. The first-order valence-corrected chi connectivity index (χ1v) is 11.3. The monoisotopic (exact) mass is 432 g/mol. The van der Waals surface area contributed by atoms with Gasteiger partial charge in [-0.1, -0.05) is 0 Å². The van der Waals surface area contributed by atoms with Crippen molar-refractivity contribution in [3.05, 3.63) is 0 Å². The van der Waals surface area contributed by atoms with E-state index >= 15 is 0 Å². The summed E-state index contributed by atoms with van der Waals surface area (Å²) in [5, 5.41) is 59.8. The molecule has 2 heterocycles. The van der Waals surface area contributed by atoms with Crippen molar-refractivity contribution in [1.29, 1.82) is 0 Å². The van der Waals surface area contributed by atoms with E-state index < -0.39 is 49.5 Å². The minimum Gasteiger partial charge on any atom is -0.394 e. The van der Waals surface area contributed by atoms with Crippen LogP contribution in [0.1, 0.15) is 51.4 Å². The van der Waals surface area contributed by atoms with Crippen molar-refractivity contribution in [3.8, 4) is 0 Å². The first kappa shape index (κ1) is 22.8. The van der Waals surface area contributed by atoms with E-state index in [9.17, 15) is 30.6 Å². The molecular formula is C21H36O9. The maximum Gasteiger partial charge on any atom is 0.186 e. The van der Waals surface area contributed by atoms with E-state index in [1.54, 1.807) is 0 Å². The van der Waals surface area contributed by atoms with Gasteiger partial charge in [-0.15, -0.1) is 0 Å². The van der Waals surface area contributed by atoms with Gasteiger partial charge in [0, 0.05) is 12.3 Å². The van der Waals surface area contributed by atoms with Gasteiger partial charge in [0.2, 0.25) is 0 Å². The van der Waals surface area contributed by atoms with Crippen molar-refractivity contribution < 1.29 is 44.8 Å². The molecule has 9 nitrogen and oxygen atoms in total. The van der Waals surface area contributed by atoms with Crippen LogP contribution in [0.25, 0.3) is 0 Å². The van der Waals surface area contributed by atoms with Crippen molar-refractivity contribution in [1.82, 2.24) is 0 Å². The Labute approximate surface area is 176 Å². The third-order valence-electron chi connectivity index (χ3n) is 7.52. The summed E-state index contributed by atoms with van der Waals surface area (Å²) in [6, 6.07) is 0. The van der Waals surface area contributed by atoms with Crippen LogP contribution in [0.3, 0.4) is 0 Å². The second-order valence-corrected chi connectivity index (χ2v) is 9.52. The second kappa shape index (κ2) is 9.64. The lowest BCUT2D eigenvalue weighted by Gasteiger charge is -2.49. The molecule has 9 heteroatoms. The minimum atomic E-state index is -1.49. The van der Waals surface area contributed by atoms with Gasteiger partial charge in [0.25, 0.3) is 0 Å². The fourth-order valence-electron chi connectivity index (χ4n) is 5.73. The van der Waals surface area contributed by atoms with Crippen LogP contribution >= 0.6 is 0 Å². The van der Waals surface area contributed by atoms with Gasteiger partial charge < -0.3 is 44.8 Å². The summed E-state index contributed by atoms with van der Waals surface area (Å²) >= 11 is 0. The second-order valence-electron chi connectivity index (χ2n) is 9.52. The molecule has 0 aromatic carbocycles. The summed E-state index contributed by atoms with van der Waals surface area (Å²) in [6.45, 7) is -0.509.